The first-order chi connectivity index (χ1) is 20.9. The zero-order valence-electron chi connectivity index (χ0n) is 27.5. The molecule has 4 aliphatic carbocycles. The van der Waals surface area contributed by atoms with Crippen LogP contribution in [-0.4, -0.2) is 50.7 Å². The highest BCUT2D eigenvalue weighted by Gasteiger charge is 2.68. The first-order valence-electron chi connectivity index (χ1n) is 18.0. The van der Waals surface area contributed by atoms with Gasteiger partial charge >= 0.3 is 0 Å². The second kappa shape index (κ2) is 15.3. The average Bonchev–Trinajstić information content (AvgIpc) is 3.25. The Hall–Kier alpha value is -1.57. The Morgan fingerprint density at radius 2 is 1.45 bits per heavy atom. The van der Waals surface area contributed by atoms with Crippen molar-refractivity contribution in [2.24, 2.45) is 28.6 Å². The smallest absolute Gasteiger partial charge is 0.193 e. The monoisotopic (exact) mass is 615 g/mol. The molecule has 0 bridgehead atoms. The van der Waals surface area contributed by atoms with Crippen molar-refractivity contribution in [1.82, 2.24) is 0 Å². The number of hydrogen-bond donors (Lipinski definition) is 3. The third kappa shape index (κ3) is 7.52. The molecule has 7 heteroatoms. The van der Waals surface area contributed by atoms with E-state index in [-0.39, 0.29) is 35.4 Å². The third-order valence-corrected chi connectivity index (χ3v) is 12.6. The number of carboxylic acids is 1. The number of Topliss-reactive ketones (excluding diaryl/α,β-unsaturated/α-hetero) is 1. The van der Waals surface area contributed by atoms with Gasteiger partial charge in [0.2, 0.25) is 0 Å². The Bertz CT molecular complexity index is 1040. The average molecular weight is 616 g/mol. The molecular formula is C37H59O7-. The Labute approximate surface area is 265 Å². The minimum Gasteiger partial charge on any atom is -0.550 e. The number of carbonyl (C=O) groups excluding carboxylic acids is 3. The van der Waals surface area contributed by atoms with Crippen LogP contribution < -0.4 is 5.11 Å². The van der Waals surface area contributed by atoms with Crippen LogP contribution in [0, 0.1) is 28.6 Å². The fourth-order valence-corrected chi connectivity index (χ4v) is 10.1. The van der Waals surface area contributed by atoms with Crippen LogP contribution in [0.3, 0.4) is 0 Å². The Morgan fingerprint density at radius 3 is 2.05 bits per heavy atom. The van der Waals surface area contributed by atoms with Gasteiger partial charge in [-0.05, 0) is 87.0 Å². The summed E-state index contributed by atoms with van der Waals surface area (Å²) in [6, 6.07) is 0. The predicted octanol–water partition coefficient (Wildman–Crippen LogP) is 5.75. The fourth-order valence-electron chi connectivity index (χ4n) is 10.1. The zero-order chi connectivity index (χ0) is 32.0. The van der Waals surface area contributed by atoms with E-state index in [1.54, 1.807) is 0 Å². The van der Waals surface area contributed by atoms with Gasteiger partial charge in [-0.2, -0.15) is 0 Å². The van der Waals surface area contributed by atoms with E-state index in [2.05, 4.69) is 6.92 Å². The number of hydrogen-bond acceptors (Lipinski definition) is 7. The number of rotatable bonds is 18. The molecule has 0 radical (unpaired) electrons. The van der Waals surface area contributed by atoms with E-state index in [4.69, 9.17) is 0 Å². The van der Waals surface area contributed by atoms with Crippen molar-refractivity contribution in [1.29, 1.82) is 0 Å². The van der Waals surface area contributed by atoms with E-state index in [0.29, 0.717) is 25.7 Å². The standard InChI is InChI=1S/C37H60O7/c1-35-22-20-27(38)24-26(35)18-19-28-29-21-23-37(44,36(29,2)25-31(40)33(28)35)34(43)30(39)16-14-12-10-8-6-4-3-5-7-9-11-13-15-17-32(41)42/h24,28-31,33,39-40,44H,3-23,25H2,1-2H3,(H,41,42)/p-1/t28-,29-,30?,31-,33+,35-,36-,37-/m0/s1. The summed E-state index contributed by atoms with van der Waals surface area (Å²) in [5, 5.41) is 44.9. The molecule has 3 N–H and O–H groups in total. The number of fused-ring (bicyclic) bond motifs is 5. The highest BCUT2D eigenvalue weighted by molar-refractivity contribution is 5.92. The quantitative estimate of drug-likeness (QED) is 0.167. The summed E-state index contributed by atoms with van der Waals surface area (Å²) in [5.74, 6) is -0.852. The molecular weight excluding hydrogens is 556 g/mol. The van der Waals surface area contributed by atoms with Gasteiger partial charge in [-0.25, -0.2) is 0 Å². The number of ketones is 2. The highest BCUT2D eigenvalue weighted by Crippen LogP contribution is 2.67. The van der Waals surface area contributed by atoms with Crippen molar-refractivity contribution >= 4 is 17.5 Å². The van der Waals surface area contributed by atoms with E-state index < -0.39 is 35.0 Å². The summed E-state index contributed by atoms with van der Waals surface area (Å²) < 4.78 is 0. The molecule has 1 unspecified atom stereocenters. The molecule has 0 amide bonds. The lowest BCUT2D eigenvalue weighted by atomic mass is 9.45. The second-order valence-electron chi connectivity index (χ2n) is 15.4. The van der Waals surface area contributed by atoms with Crippen LogP contribution in [0.2, 0.25) is 0 Å². The van der Waals surface area contributed by atoms with Gasteiger partial charge in [0.05, 0.1) is 6.10 Å². The van der Waals surface area contributed by atoms with Gasteiger partial charge in [-0.3, -0.25) is 9.59 Å². The van der Waals surface area contributed by atoms with Gasteiger partial charge in [-0.15, -0.1) is 0 Å². The molecule has 7 nitrogen and oxygen atoms in total. The summed E-state index contributed by atoms with van der Waals surface area (Å²) >= 11 is 0. The first-order valence-corrected chi connectivity index (χ1v) is 18.0. The zero-order valence-corrected chi connectivity index (χ0v) is 27.5. The van der Waals surface area contributed by atoms with E-state index in [0.717, 1.165) is 70.6 Å². The lowest BCUT2D eigenvalue weighted by molar-refractivity contribution is -0.305. The molecule has 4 rings (SSSR count). The van der Waals surface area contributed by atoms with Gasteiger partial charge in [0.1, 0.15) is 11.7 Å². The first kappa shape index (κ1) is 35.3. The summed E-state index contributed by atoms with van der Waals surface area (Å²) in [6.07, 6.45) is 19.0. The van der Waals surface area contributed by atoms with Gasteiger partial charge in [0.25, 0.3) is 0 Å². The van der Waals surface area contributed by atoms with E-state index in [1.807, 2.05) is 13.0 Å². The second-order valence-corrected chi connectivity index (χ2v) is 15.4. The van der Waals surface area contributed by atoms with E-state index >= 15 is 0 Å². The molecule has 3 fully saturated rings. The normalized spacial score (nSPS) is 35.4. The van der Waals surface area contributed by atoms with Crippen molar-refractivity contribution in [3.05, 3.63) is 11.6 Å². The largest absolute Gasteiger partial charge is 0.550 e. The van der Waals surface area contributed by atoms with Crippen LogP contribution in [0.5, 0.6) is 0 Å². The number of allylic oxidation sites excluding steroid dienone is 1. The maximum Gasteiger partial charge on any atom is 0.193 e. The minimum atomic E-state index is -1.61. The summed E-state index contributed by atoms with van der Waals surface area (Å²) in [5.41, 5.74) is -1.40. The molecule has 0 heterocycles. The summed E-state index contributed by atoms with van der Waals surface area (Å²) in [6.45, 7) is 4.19. The molecule has 0 aromatic rings. The molecule has 0 aromatic heterocycles. The SMILES string of the molecule is C[C@]12CCC(=O)C=C1CC[C@@H]1[C@@H]2[C@@H](O)C[C@@]2(C)[C@H]1CC[C@]2(O)C(=O)C(O)CCCCCCCCCCCCCCCC(=O)[O-]. The lowest BCUT2D eigenvalue weighted by Crippen LogP contribution is -2.62. The number of carbonyl (C=O) groups is 3. The van der Waals surface area contributed by atoms with Crippen molar-refractivity contribution in [2.45, 2.75) is 173 Å². The Morgan fingerprint density at radius 1 is 0.886 bits per heavy atom. The minimum absolute atomic E-state index is 0.0380. The topological polar surface area (TPSA) is 135 Å². The fraction of sp³-hybridized carbons (Fsp3) is 0.865. The number of unbranched alkanes of at least 4 members (excludes halogenated alkanes) is 12. The Kier molecular flexibility index (Phi) is 12.3. The lowest BCUT2D eigenvalue weighted by Gasteiger charge is -2.60. The number of aliphatic hydroxyl groups excluding tert-OH is 2. The van der Waals surface area contributed by atoms with Gasteiger partial charge < -0.3 is 25.2 Å². The Balaban J connectivity index is 1.16. The van der Waals surface area contributed by atoms with Crippen molar-refractivity contribution < 1.29 is 34.8 Å². The maximum atomic E-state index is 13.7. The van der Waals surface area contributed by atoms with Gasteiger partial charge in [0.15, 0.2) is 11.6 Å². The molecule has 3 saturated carbocycles. The number of aliphatic carboxylic acids is 1. The van der Waals surface area contributed by atoms with E-state index in [1.165, 1.54) is 44.1 Å². The molecule has 0 aliphatic heterocycles. The molecule has 8 atom stereocenters. The van der Waals surface area contributed by atoms with Crippen molar-refractivity contribution in [3.63, 3.8) is 0 Å². The maximum absolute atomic E-state index is 13.7. The van der Waals surface area contributed by atoms with Crippen LogP contribution in [-0.2, 0) is 14.4 Å². The number of carboxylic acid groups (broad SMARTS) is 1. The molecule has 0 saturated heterocycles. The highest BCUT2D eigenvalue weighted by atomic mass is 16.4. The predicted molar refractivity (Wildman–Crippen MR) is 168 cm³/mol. The molecule has 0 aromatic carbocycles. The van der Waals surface area contributed by atoms with Gasteiger partial charge in [-0.1, -0.05) is 96.5 Å². The van der Waals surface area contributed by atoms with Crippen LogP contribution in [0.15, 0.2) is 11.6 Å². The molecule has 44 heavy (non-hydrogen) atoms. The van der Waals surface area contributed by atoms with Gasteiger partial charge in [0, 0.05) is 17.8 Å². The summed E-state index contributed by atoms with van der Waals surface area (Å²) in [4.78, 5) is 36.2. The third-order valence-electron chi connectivity index (χ3n) is 12.6. The van der Waals surface area contributed by atoms with Crippen LogP contribution in [0.4, 0.5) is 0 Å². The van der Waals surface area contributed by atoms with Crippen LogP contribution in [0.1, 0.15) is 155 Å². The van der Waals surface area contributed by atoms with Crippen LogP contribution in [0.25, 0.3) is 0 Å². The van der Waals surface area contributed by atoms with Crippen molar-refractivity contribution in [2.75, 3.05) is 0 Å². The molecule has 4 aliphatic rings. The van der Waals surface area contributed by atoms with Crippen molar-refractivity contribution in [3.8, 4) is 0 Å². The van der Waals surface area contributed by atoms with Crippen LogP contribution >= 0.6 is 0 Å². The number of aliphatic hydroxyl groups is 3. The molecule has 0 spiro atoms. The molecule has 250 valence electrons. The van der Waals surface area contributed by atoms with E-state index in [9.17, 15) is 34.8 Å². The summed E-state index contributed by atoms with van der Waals surface area (Å²) in [7, 11) is 0.